The molecule has 0 aromatic heterocycles. The fourth-order valence-electron chi connectivity index (χ4n) is 1.88. The SMILES string of the molecule is O=C(COC(=O)c1ccc2c(c1)OCCO2)NC1CC1. The van der Waals surface area contributed by atoms with Crippen LogP contribution in [0, 0.1) is 0 Å². The topological polar surface area (TPSA) is 73.9 Å². The van der Waals surface area contributed by atoms with Crippen LogP contribution in [0.5, 0.6) is 11.5 Å². The lowest BCUT2D eigenvalue weighted by molar-refractivity contribution is -0.124. The summed E-state index contributed by atoms with van der Waals surface area (Å²) in [5, 5.41) is 2.75. The minimum atomic E-state index is -0.548. The lowest BCUT2D eigenvalue weighted by atomic mass is 10.2. The van der Waals surface area contributed by atoms with Crippen molar-refractivity contribution in [1.29, 1.82) is 0 Å². The van der Waals surface area contributed by atoms with E-state index < -0.39 is 5.97 Å². The van der Waals surface area contributed by atoms with Gasteiger partial charge in [-0.15, -0.1) is 0 Å². The molecular formula is C14H15NO5. The molecule has 2 aliphatic rings. The molecule has 1 amide bonds. The first kappa shape index (κ1) is 12.8. The Hall–Kier alpha value is -2.24. The van der Waals surface area contributed by atoms with Crippen LogP contribution < -0.4 is 14.8 Å². The molecule has 0 unspecified atom stereocenters. The first-order valence-corrected chi connectivity index (χ1v) is 6.58. The molecule has 3 rings (SSSR count). The molecule has 1 fully saturated rings. The van der Waals surface area contributed by atoms with Gasteiger partial charge in [0.15, 0.2) is 18.1 Å². The highest BCUT2D eigenvalue weighted by Gasteiger charge is 2.24. The molecule has 1 N–H and O–H groups in total. The van der Waals surface area contributed by atoms with E-state index >= 15 is 0 Å². The monoisotopic (exact) mass is 277 g/mol. The Morgan fingerprint density at radius 2 is 1.95 bits per heavy atom. The van der Waals surface area contributed by atoms with Crippen LogP contribution in [0.15, 0.2) is 18.2 Å². The molecule has 6 heteroatoms. The van der Waals surface area contributed by atoms with Crippen molar-refractivity contribution in [2.24, 2.45) is 0 Å². The third-order valence-corrected chi connectivity index (χ3v) is 3.05. The molecule has 1 aromatic rings. The Labute approximate surface area is 116 Å². The van der Waals surface area contributed by atoms with Gasteiger partial charge in [0.2, 0.25) is 0 Å². The fourth-order valence-corrected chi connectivity index (χ4v) is 1.88. The van der Waals surface area contributed by atoms with E-state index in [1.54, 1.807) is 18.2 Å². The number of carbonyl (C=O) groups is 2. The van der Waals surface area contributed by atoms with Crippen molar-refractivity contribution in [2.75, 3.05) is 19.8 Å². The standard InChI is InChI=1S/C14H15NO5/c16-13(15-10-2-3-10)8-20-14(17)9-1-4-11-12(7-9)19-6-5-18-11/h1,4,7,10H,2-3,5-6,8H2,(H,15,16). The van der Waals surface area contributed by atoms with Gasteiger partial charge in [-0.25, -0.2) is 4.79 Å². The molecule has 106 valence electrons. The van der Waals surface area contributed by atoms with E-state index in [-0.39, 0.29) is 18.6 Å². The summed E-state index contributed by atoms with van der Waals surface area (Å²) in [5.74, 6) is 0.318. The molecule has 0 bridgehead atoms. The summed E-state index contributed by atoms with van der Waals surface area (Å²) in [6, 6.07) is 5.08. The van der Waals surface area contributed by atoms with Crippen molar-refractivity contribution in [3.05, 3.63) is 23.8 Å². The molecule has 0 atom stereocenters. The maximum Gasteiger partial charge on any atom is 0.338 e. The Morgan fingerprint density at radius 3 is 2.70 bits per heavy atom. The number of carbonyl (C=O) groups excluding carboxylic acids is 2. The smallest absolute Gasteiger partial charge is 0.338 e. The Bertz CT molecular complexity index is 538. The van der Waals surface area contributed by atoms with E-state index in [1.807, 2.05) is 0 Å². The second-order valence-corrected chi connectivity index (χ2v) is 4.78. The van der Waals surface area contributed by atoms with Crippen LogP contribution >= 0.6 is 0 Å². The lowest BCUT2D eigenvalue weighted by Gasteiger charge is -2.18. The van der Waals surface area contributed by atoms with Crippen LogP contribution in [0.2, 0.25) is 0 Å². The van der Waals surface area contributed by atoms with Crippen LogP contribution in [-0.2, 0) is 9.53 Å². The molecule has 1 heterocycles. The molecule has 1 aromatic carbocycles. The predicted molar refractivity (Wildman–Crippen MR) is 68.9 cm³/mol. The first-order valence-electron chi connectivity index (χ1n) is 6.58. The molecule has 1 aliphatic heterocycles. The number of nitrogens with one attached hydrogen (secondary N) is 1. The van der Waals surface area contributed by atoms with Crippen LogP contribution in [0.3, 0.4) is 0 Å². The maximum absolute atomic E-state index is 11.8. The van der Waals surface area contributed by atoms with Gasteiger partial charge in [-0.2, -0.15) is 0 Å². The molecule has 6 nitrogen and oxygen atoms in total. The van der Waals surface area contributed by atoms with Crippen LogP contribution in [-0.4, -0.2) is 37.7 Å². The minimum absolute atomic E-state index is 0.260. The van der Waals surface area contributed by atoms with Gasteiger partial charge in [-0.3, -0.25) is 4.79 Å². The van der Waals surface area contributed by atoms with E-state index in [4.69, 9.17) is 14.2 Å². The fraction of sp³-hybridized carbons (Fsp3) is 0.429. The third-order valence-electron chi connectivity index (χ3n) is 3.05. The number of rotatable bonds is 4. The number of esters is 1. The zero-order chi connectivity index (χ0) is 13.9. The molecule has 0 radical (unpaired) electrons. The molecule has 0 saturated heterocycles. The zero-order valence-electron chi connectivity index (χ0n) is 10.9. The van der Waals surface area contributed by atoms with Crippen molar-refractivity contribution in [2.45, 2.75) is 18.9 Å². The zero-order valence-corrected chi connectivity index (χ0v) is 10.9. The van der Waals surface area contributed by atoms with Crippen LogP contribution in [0.25, 0.3) is 0 Å². The van der Waals surface area contributed by atoms with E-state index in [1.165, 1.54) is 0 Å². The summed E-state index contributed by atoms with van der Waals surface area (Å²) in [5.41, 5.74) is 0.341. The number of fused-ring (bicyclic) bond motifs is 1. The van der Waals surface area contributed by atoms with Crippen LogP contribution in [0.1, 0.15) is 23.2 Å². The van der Waals surface area contributed by atoms with Gasteiger partial charge in [0.05, 0.1) is 5.56 Å². The third kappa shape index (κ3) is 3.01. The van der Waals surface area contributed by atoms with Gasteiger partial charge in [0.1, 0.15) is 13.2 Å². The molecule has 0 spiro atoms. The van der Waals surface area contributed by atoms with Gasteiger partial charge >= 0.3 is 5.97 Å². The van der Waals surface area contributed by atoms with E-state index in [9.17, 15) is 9.59 Å². The normalized spacial score (nSPS) is 16.4. The lowest BCUT2D eigenvalue weighted by Crippen LogP contribution is -2.30. The number of amides is 1. The average molecular weight is 277 g/mol. The van der Waals surface area contributed by atoms with Crippen molar-refractivity contribution >= 4 is 11.9 Å². The van der Waals surface area contributed by atoms with Gasteiger partial charge in [-0.05, 0) is 31.0 Å². The molecule has 1 saturated carbocycles. The van der Waals surface area contributed by atoms with Crippen molar-refractivity contribution in [3.63, 3.8) is 0 Å². The van der Waals surface area contributed by atoms with Crippen LogP contribution in [0.4, 0.5) is 0 Å². The van der Waals surface area contributed by atoms with Gasteiger partial charge in [0.25, 0.3) is 5.91 Å². The summed E-state index contributed by atoms with van der Waals surface area (Å²) in [4.78, 5) is 23.3. The molecule has 1 aliphatic carbocycles. The Kier molecular flexibility index (Phi) is 3.45. The predicted octanol–water partition coefficient (Wildman–Crippen LogP) is 0.893. The number of hydrogen-bond acceptors (Lipinski definition) is 5. The van der Waals surface area contributed by atoms with E-state index in [2.05, 4.69) is 5.32 Å². The van der Waals surface area contributed by atoms with Gasteiger partial charge in [0, 0.05) is 6.04 Å². The Morgan fingerprint density at radius 1 is 1.20 bits per heavy atom. The summed E-state index contributed by atoms with van der Waals surface area (Å²) >= 11 is 0. The number of ether oxygens (including phenoxy) is 3. The van der Waals surface area contributed by atoms with Gasteiger partial charge < -0.3 is 19.5 Å². The molecule has 20 heavy (non-hydrogen) atoms. The van der Waals surface area contributed by atoms with Crippen molar-refractivity contribution < 1.29 is 23.8 Å². The summed E-state index contributed by atoms with van der Waals surface area (Å²) < 4.78 is 15.7. The average Bonchev–Trinajstić information content (AvgIpc) is 3.28. The van der Waals surface area contributed by atoms with E-state index in [0.29, 0.717) is 30.3 Å². The summed E-state index contributed by atoms with van der Waals surface area (Å²) in [6.45, 7) is 0.692. The van der Waals surface area contributed by atoms with Crippen molar-refractivity contribution in [3.8, 4) is 11.5 Å². The summed E-state index contributed by atoms with van der Waals surface area (Å²) in [7, 11) is 0. The quantitative estimate of drug-likeness (QED) is 0.827. The second-order valence-electron chi connectivity index (χ2n) is 4.78. The summed E-state index contributed by atoms with van der Waals surface area (Å²) in [6.07, 6.45) is 2.00. The molecular weight excluding hydrogens is 262 g/mol. The largest absolute Gasteiger partial charge is 0.486 e. The number of benzene rings is 1. The first-order chi connectivity index (χ1) is 9.72. The number of hydrogen-bond donors (Lipinski definition) is 1. The minimum Gasteiger partial charge on any atom is -0.486 e. The second kappa shape index (κ2) is 5.40. The Balaban J connectivity index is 1.57. The highest BCUT2D eigenvalue weighted by molar-refractivity contribution is 5.92. The van der Waals surface area contributed by atoms with E-state index in [0.717, 1.165) is 12.8 Å². The van der Waals surface area contributed by atoms with Crippen molar-refractivity contribution in [1.82, 2.24) is 5.32 Å². The highest BCUT2D eigenvalue weighted by Crippen LogP contribution is 2.30. The van der Waals surface area contributed by atoms with Gasteiger partial charge in [-0.1, -0.05) is 0 Å². The maximum atomic E-state index is 11.8. The highest BCUT2D eigenvalue weighted by atomic mass is 16.6.